The van der Waals surface area contributed by atoms with Crippen LogP contribution < -0.4 is 24.4 Å². The Morgan fingerprint density at radius 1 is 1.12 bits per heavy atom. The van der Waals surface area contributed by atoms with Crippen molar-refractivity contribution in [3.8, 4) is 22.8 Å². The van der Waals surface area contributed by atoms with Crippen molar-refractivity contribution in [2.75, 3.05) is 13.7 Å². The molecule has 2 aromatic heterocycles. The van der Waals surface area contributed by atoms with Gasteiger partial charge >= 0.3 is 11.9 Å². The van der Waals surface area contributed by atoms with Gasteiger partial charge in [0.2, 0.25) is 0 Å². The molecule has 0 aliphatic carbocycles. The Labute approximate surface area is 250 Å². The van der Waals surface area contributed by atoms with Crippen LogP contribution in [0.1, 0.15) is 55.4 Å². The van der Waals surface area contributed by atoms with E-state index >= 15 is 0 Å². The predicted molar refractivity (Wildman–Crippen MR) is 160 cm³/mol. The van der Waals surface area contributed by atoms with Gasteiger partial charge in [-0.1, -0.05) is 29.5 Å². The topological polar surface area (TPSA) is 130 Å². The molecule has 222 valence electrons. The van der Waals surface area contributed by atoms with E-state index in [4.69, 9.17) is 23.7 Å². The Morgan fingerprint density at radius 2 is 1.86 bits per heavy atom. The molecule has 2 aromatic carbocycles. The first-order valence-electron chi connectivity index (χ1n) is 13.6. The summed E-state index contributed by atoms with van der Waals surface area (Å²) < 4.78 is 24.7. The molecule has 11 heteroatoms. The van der Waals surface area contributed by atoms with Gasteiger partial charge < -0.3 is 23.7 Å². The minimum atomic E-state index is -1.01. The van der Waals surface area contributed by atoms with E-state index in [0.717, 1.165) is 0 Å². The normalized spacial score (nSPS) is 14.8. The first kappa shape index (κ1) is 29.6. The van der Waals surface area contributed by atoms with Crippen LogP contribution in [0.3, 0.4) is 0 Å². The zero-order valence-electron chi connectivity index (χ0n) is 24.2. The number of fused-ring (bicyclic) bond motifs is 1. The summed E-state index contributed by atoms with van der Waals surface area (Å²) in [5.74, 6) is 0.375. The first-order valence-corrected chi connectivity index (χ1v) is 14.4. The van der Waals surface area contributed by atoms with Crippen LogP contribution in [-0.4, -0.2) is 41.4 Å². The second-order valence-corrected chi connectivity index (χ2v) is 11.0. The average Bonchev–Trinajstić information content (AvgIpc) is 3.56. The van der Waals surface area contributed by atoms with Crippen LogP contribution in [0.25, 0.3) is 17.4 Å². The average molecular weight is 603 g/mol. The lowest BCUT2D eigenvalue weighted by atomic mass is 9.95. The van der Waals surface area contributed by atoms with Gasteiger partial charge in [-0.2, -0.15) is 0 Å². The number of carbonyl (C=O) groups excluding carboxylic acids is 1. The summed E-state index contributed by atoms with van der Waals surface area (Å²) in [6, 6.07) is 14.3. The molecule has 1 N–H and O–H groups in total. The number of methoxy groups -OCH3 is 1. The number of aromatic nitrogens is 1. The third-order valence-corrected chi connectivity index (χ3v) is 7.68. The molecule has 4 aromatic rings. The fraction of sp³-hybridized carbons (Fsp3) is 0.250. The van der Waals surface area contributed by atoms with E-state index < -0.39 is 18.0 Å². The van der Waals surface area contributed by atoms with E-state index in [1.54, 1.807) is 62.4 Å². The van der Waals surface area contributed by atoms with E-state index in [1.165, 1.54) is 35.1 Å². The first-order chi connectivity index (χ1) is 20.6. The minimum absolute atomic E-state index is 0.0825. The summed E-state index contributed by atoms with van der Waals surface area (Å²) in [7, 11) is 1.53. The smallest absolute Gasteiger partial charge is 0.338 e. The number of thiazole rings is 1. The molecule has 0 amide bonds. The highest BCUT2D eigenvalue weighted by Gasteiger charge is 2.34. The second-order valence-electron chi connectivity index (χ2n) is 9.96. The molecule has 1 aliphatic heterocycles. The minimum Gasteiger partial charge on any atom is -0.493 e. The molecule has 0 bridgehead atoms. The van der Waals surface area contributed by atoms with E-state index in [9.17, 15) is 14.4 Å². The number of allylic oxidation sites excluding steroid dienone is 1. The molecule has 0 saturated carbocycles. The van der Waals surface area contributed by atoms with E-state index in [2.05, 4.69) is 4.99 Å². The van der Waals surface area contributed by atoms with Gasteiger partial charge in [0.1, 0.15) is 11.5 Å². The molecule has 0 unspecified atom stereocenters. The Kier molecular flexibility index (Phi) is 8.36. The number of carbonyl (C=O) groups is 2. The van der Waals surface area contributed by atoms with Crippen LogP contribution in [0.2, 0.25) is 0 Å². The number of carboxylic acids is 1. The van der Waals surface area contributed by atoms with Gasteiger partial charge in [0.05, 0.1) is 47.2 Å². The van der Waals surface area contributed by atoms with E-state index in [-0.39, 0.29) is 29.4 Å². The van der Waals surface area contributed by atoms with Gasteiger partial charge in [-0.15, -0.1) is 0 Å². The Hall–Kier alpha value is -4.90. The summed E-state index contributed by atoms with van der Waals surface area (Å²) in [6.45, 7) is 7.42. The van der Waals surface area contributed by atoms with Crippen molar-refractivity contribution in [3.63, 3.8) is 0 Å². The van der Waals surface area contributed by atoms with Crippen LogP contribution in [0.4, 0.5) is 0 Å². The molecule has 5 rings (SSSR count). The molecular weight excluding hydrogens is 572 g/mol. The second kappa shape index (κ2) is 12.1. The van der Waals surface area contributed by atoms with Gasteiger partial charge in [0.15, 0.2) is 16.3 Å². The highest BCUT2D eigenvalue weighted by Crippen LogP contribution is 2.36. The van der Waals surface area contributed by atoms with Crippen molar-refractivity contribution in [2.24, 2.45) is 4.99 Å². The third kappa shape index (κ3) is 5.89. The number of ether oxygens (including phenoxy) is 3. The maximum atomic E-state index is 13.9. The van der Waals surface area contributed by atoms with Crippen LogP contribution in [0.15, 0.2) is 80.1 Å². The largest absolute Gasteiger partial charge is 0.493 e. The number of hydrogen-bond acceptors (Lipinski definition) is 9. The molecule has 3 heterocycles. The molecule has 1 aliphatic rings. The summed E-state index contributed by atoms with van der Waals surface area (Å²) in [5.41, 5.74) is 1.84. The van der Waals surface area contributed by atoms with Crippen molar-refractivity contribution in [2.45, 2.75) is 39.8 Å². The van der Waals surface area contributed by atoms with Crippen LogP contribution >= 0.6 is 11.3 Å². The van der Waals surface area contributed by atoms with Crippen LogP contribution in [0.5, 0.6) is 11.5 Å². The fourth-order valence-electron chi connectivity index (χ4n) is 4.80. The third-order valence-electron chi connectivity index (χ3n) is 6.70. The summed E-state index contributed by atoms with van der Waals surface area (Å²) in [4.78, 5) is 43.3. The number of hydrogen-bond donors (Lipinski definition) is 1. The standard InChI is InChI=1S/C32H30N2O8S/c1-6-40-31(38)27-18(4)33-32-34(28(27)21-11-13-24(41-17(2)3)25(15-21)39-5)29(35)26(43-32)16-22-12-14-23(42-22)19-7-9-20(10-8-19)30(36)37/h7-17,28H,6H2,1-5H3,(H,36,37)/b26-16-/t28-/m0/s1. The number of esters is 1. The van der Waals surface area contributed by atoms with Gasteiger partial charge in [0.25, 0.3) is 5.56 Å². The van der Waals surface area contributed by atoms with Crippen molar-refractivity contribution in [3.05, 3.63) is 102 Å². The van der Waals surface area contributed by atoms with Gasteiger partial charge in [-0.05, 0) is 69.7 Å². The highest BCUT2D eigenvalue weighted by molar-refractivity contribution is 7.07. The van der Waals surface area contributed by atoms with Gasteiger partial charge in [0, 0.05) is 11.6 Å². The molecule has 1 atom stereocenters. The zero-order valence-corrected chi connectivity index (χ0v) is 25.1. The van der Waals surface area contributed by atoms with Crippen molar-refractivity contribution in [1.82, 2.24) is 4.57 Å². The molecule has 0 radical (unpaired) electrons. The van der Waals surface area contributed by atoms with E-state index in [0.29, 0.717) is 49.2 Å². The number of carboxylic acid groups (broad SMARTS) is 1. The SMILES string of the molecule is CCOC(=O)C1=C(C)N=c2s/c(=C\c3ccc(-c4ccc(C(=O)O)cc4)o3)c(=O)n2[C@H]1c1ccc(OC(C)C)c(OC)c1. The fourth-order valence-corrected chi connectivity index (χ4v) is 5.83. The molecule has 0 saturated heterocycles. The maximum Gasteiger partial charge on any atom is 0.338 e. The number of furan rings is 1. The molecular formula is C32H30N2O8S. The van der Waals surface area contributed by atoms with Crippen LogP contribution in [0, 0.1) is 0 Å². The predicted octanol–water partition coefficient (Wildman–Crippen LogP) is 4.55. The molecule has 43 heavy (non-hydrogen) atoms. The van der Waals surface area contributed by atoms with Crippen molar-refractivity contribution < 1.29 is 33.3 Å². The molecule has 0 spiro atoms. The summed E-state index contributed by atoms with van der Waals surface area (Å²) in [6.07, 6.45) is 1.54. The lowest BCUT2D eigenvalue weighted by Gasteiger charge is -2.25. The lowest BCUT2D eigenvalue weighted by molar-refractivity contribution is -0.139. The maximum absolute atomic E-state index is 13.9. The monoisotopic (exact) mass is 602 g/mol. The van der Waals surface area contributed by atoms with Crippen LogP contribution in [-0.2, 0) is 9.53 Å². The molecule has 0 fully saturated rings. The van der Waals surface area contributed by atoms with Crippen molar-refractivity contribution in [1.29, 1.82) is 0 Å². The van der Waals surface area contributed by atoms with Gasteiger partial charge in [-0.25, -0.2) is 14.6 Å². The molecule has 10 nitrogen and oxygen atoms in total. The summed E-state index contributed by atoms with van der Waals surface area (Å²) >= 11 is 1.18. The Bertz CT molecular complexity index is 1910. The quantitative estimate of drug-likeness (QED) is 0.276. The Morgan fingerprint density at radius 3 is 2.51 bits per heavy atom. The van der Waals surface area contributed by atoms with Gasteiger partial charge in [-0.3, -0.25) is 9.36 Å². The summed E-state index contributed by atoms with van der Waals surface area (Å²) in [5, 5.41) is 9.15. The number of rotatable bonds is 9. The highest BCUT2D eigenvalue weighted by atomic mass is 32.1. The van der Waals surface area contributed by atoms with E-state index in [1.807, 2.05) is 13.8 Å². The zero-order chi connectivity index (χ0) is 30.8. The number of aromatic carboxylic acids is 1. The lowest BCUT2D eigenvalue weighted by Crippen LogP contribution is -2.40. The number of nitrogens with zero attached hydrogens (tertiary/aromatic N) is 2. The van der Waals surface area contributed by atoms with Crippen molar-refractivity contribution >= 4 is 29.4 Å². The Balaban J connectivity index is 1.61. The number of benzene rings is 2.